The second-order valence-corrected chi connectivity index (χ2v) is 6.49. The lowest BCUT2D eigenvalue weighted by molar-refractivity contribution is -0.404. The van der Waals surface area contributed by atoms with Gasteiger partial charge in [0.1, 0.15) is 0 Å². The Morgan fingerprint density at radius 1 is 0.967 bits per heavy atom. The molecule has 0 saturated carbocycles. The Labute approximate surface area is 167 Å². The van der Waals surface area contributed by atoms with Crippen LogP contribution in [0, 0.1) is 44.2 Å². The number of nitrogens with one attached hydrogen (secondary N) is 1. The summed E-state index contributed by atoms with van der Waals surface area (Å²) in [4.78, 5) is 45.8. The second-order valence-electron chi connectivity index (χ2n) is 6.49. The molecular weight excluding hydrogens is 400 g/mol. The monoisotopic (exact) mass is 414 g/mol. The number of aromatic nitrogens is 1. The Kier molecular flexibility index (Phi) is 5.15. The maximum Gasteiger partial charge on any atom is 0.325 e. The predicted octanol–water partition coefficient (Wildman–Crippen LogP) is 3.66. The number of nitro benzene ring substituents is 3. The van der Waals surface area contributed by atoms with Gasteiger partial charge in [-0.05, 0) is 37.1 Å². The largest absolute Gasteiger partial charge is 0.412 e. The molecule has 0 unspecified atom stereocenters. The number of fused-ring (bicyclic) bond motifs is 1. The van der Waals surface area contributed by atoms with Crippen molar-refractivity contribution >= 4 is 33.9 Å². The molecule has 0 aliphatic carbocycles. The third-order valence-corrected chi connectivity index (χ3v) is 4.58. The first-order valence-electron chi connectivity index (χ1n) is 8.48. The van der Waals surface area contributed by atoms with Crippen LogP contribution in [0.3, 0.4) is 0 Å². The fourth-order valence-electron chi connectivity index (χ4n) is 3.00. The molecule has 0 radical (unpaired) electrons. The summed E-state index contributed by atoms with van der Waals surface area (Å²) in [5.41, 5.74) is 0.389. The molecule has 1 N–H and O–H groups in total. The van der Waals surface area contributed by atoms with Crippen LogP contribution < -0.4 is 4.74 Å². The Morgan fingerprint density at radius 3 is 2.10 bits per heavy atom. The van der Waals surface area contributed by atoms with E-state index in [0.29, 0.717) is 17.7 Å². The first-order chi connectivity index (χ1) is 14.1. The standard InChI is InChI=1S/C18H14N4O8/c1-9-10(2)19-14-4-3-11(5-13(9)14)6-17(23)30-18-15(21(26)27)7-12(20(24)25)8-16(18)22(28)29/h3-5,7-8,19H,6H2,1-2H3. The fourth-order valence-corrected chi connectivity index (χ4v) is 3.00. The molecule has 12 nitrogen and oxygen atoms in total. The van der Waals surface area contributed by atoms with Crippen molar-refractivity contribution in [3.05, 3.63) is 77.5 Å². The normalized spacial score (nSPS) is 10.7. The number of rotatable bonds is 6. The number of non-ortho nitro benzene ring substituents is 1. The van der Waals surface area contributed by atoms with Gasteiger partial charge < -0.3 is 9.72 Å². The number of nitrogens with zero attached hydrogens (tertiary/aromatic N) is 3. The van der Waals surface area contributed by atoms with Crippen LogP contribution in [-0.2, 0) is 11.2 Å². The summed E-state index contributed by atoms with van der Waals surface area (Å²) in [5.74, 6) is -1.94. The number of esters is 1. The van der Waals surface area contributed by atoms with Crippen molar-refractivity contribution in [3.8, 4) is 5.75 Å². The van der Waals surface area contributed by atoms with Gasteiger partial charge >= 0.3 is 17.3 Å². The van der Waals surface area contributed by atoms with Crippen molar-refractivity contribution in [1.29, 1.82) is 0 Å². The summed E-state index contributed by atoms with van der Waals surface area (Å²) >= 11 is 0. The van der Waals surface area contributed by atoms with Crippen molar-refractivity contribution in [2.45, 2.75) is 20.3 Å². The van der Waals surface area contributed by atoms with Crippen LogP contribution in [0.4, 0.5) is 17.1 Å². The van der Waals surface area contributed by atoms with Gasteiger partial charge in [0.25, 0.3) is 11.4 Å². The van der Waals surface area contributed by atoms with Crippen LogP contribution in [0.1, 0.15) is 16.8 Å². The van der Waals surface area contributed by atoms with Crippen LogP contribution in [0.15, 0.2) is 30.3 Å². The molecule has 12 heteroatoms. The molecule has 1 heterocycles. The van der Waals surface area contributed by atoms with Gasteiger partial charge in [0.15, 0.2) is 0 Å². The molecule has 0 saturated heterocycles. The van der Waals surface area contributed by atoms with Crippen LogP contribution in [0.2, 0.25) is 0 Å². The van der Waals surface area contributed by atoms with Crippen molar-refractivity contribution < 1.29 is 24.3 Å². The fraction of sp³-hybridized carbons (Fsp3) is 0.167. The maximum absolute atomic E-state index is 12.4. The SMILES string of the molecule is Cc1[nH]c2ccc(CC(=O)Oc3c([N+](=O)[O-])cc([N+](=O)[O-])cc3[N+](=O)[O-])cc2c1C. The summed E-state index contributed by atoms with van der Waals surface area (Å²) in [7, 11) is 0. The zero-order chi connectivity index (χ0) is 22.2. The number of ether oxygens (including phenoxy) is 1. The van der Waals surface area contributed by atoms with Gasteiger partial charge in [-0.3, -0.25) is 35.1 Å². The topological polar surface area (TPSA) is 172 Å². The van der Waals surface area contributed by atoms with E-state index in [1.807, 2.05) is 13.8 Å². The quantitative estimate of drug-likeness (QED) is 0.275. The molecule has 0 spiro atoms. The second kappa shape index (κ2) is 7.58. The van der Waals surface area contributed by atoms with Crippen LogP contribution in [0.25, 0.3) is 10.9 Å². The molecule has 30 heavy (non-hydrogen) atoms. The number of carbonyl (C=O) groups excluding carboxylic acids is 1. The zero-order valence-electron chi connectivity index (χ0n) is 15.7. The van der Waals surface area contributed by atoms with Crippen molar-refractivity contribution in [3.63, 3.8) is 0 Å². The summed E-state index contributed by atoms with van der Waals surface area (Å²) in [6.07, 6.45) is -0.315. The highest BCUT2D eigenvalue weighted by atomic mass is 16.6. The van der Waals surface area contributed by atoms with Gasteiger partial charge in [-0.25, -0.2) is 0 Å². The minimum absolute atomic E-state index is 0.315. The van der Waals surface area contributed by atoms with E-state index < -0.39 is 43.6 Å². The van der Waals surface area contributed by atoms with Crippen LogP contribution in [-0.4, -0.2) is 25.7 Å². The molecule has 2 aromatic carbocycles. The Morgan fingerprint density at radius 2 is 1.57 bits per heavy atom. The van der Waals surface area contributed by atoms with Gasteiger partial charge in [-0.15, -0.1) is 0 Å². The zero-order valence-corrected chi connectivity index (χ0v) is 15.7. The van der Waals surface area contributed by atoms with Crippen molar-refractivity contribution in [1.82, 2.24) is 4.98 Å². The number of hydrogen-bond acceptors (Lipinski definition) is 8. The smallest absolute Gasteiger partial charge is 0.325 e. The molecule has 154 valence electrons. The van der Waals surface area contributed by atoms with E-state index in [0.717, 1.165) is 22.2 Å². The van der Waals surface area contributed by atoms with E-state index in [2.05, 4.69) is 4.98 Å². The molecule has 0 aliphatic heterocycles. The minimum atomic E-state index is -1.08. The molecule has 0 atom stereocenters. The average Bonchev–Trinajstić information content (AvgIpc) is 2.95. The molecule has 1 aromatic heterocycles. The third kappa shape index (κ3) is 3.78. The lowest BCUT2D eigenvalue weighted by Crippen LogP contribution is -2.13. The third-order valence-electron chi connectivity index (χ3n) is 4.58. The lowest BCUT2D eigenvalue weighted by atomic mass is 10.1. The summed E-state index contributed by atoms with van der Waals surface area (Å²) in [6, 6.07) is 6.17. The molecule has 0 amide bonds. The lowest BCUT2D eigenvalue weighted by Gasteiger charge is -2.06. The Hall–Kier alpha value is -4.35. The first kappa shape index (κ1) is 20.4. The Bertz CT molecular complexity index is 1200. The number of benzene rings is 2. The number of H-pyrrole nitrogens is 1. The van der Waals surface area contributed by atoms with Gasteiger partial charge in [-0.2, -0.15) is 0 Å². The van der Waals surface area contributed by atoms with E-state index in [1.165, 1.54) is 0 Å². The molecule has 0 aliphatic rings. The minimum Gasteiger partial charge on any atom is -0.412 e. The van der Waals surface area contributed by atoms with E-state index in [4.69, 9.17) is 4.74 Å². The molecule has 3 aromatic rings. The summed E-state index contributed by atoms with van der Waals surface area (Å²) < 4.78 is 4.93. The molecule has 0 fully saturated rings. The van der Waals surface area contributed by atoms with Crippen molar-refractivity contribution in [2.24, 2.45) is 0 Å². The average molecular weight is 414 g/mol. The van der Waals surface area contributed by atoms with Crippen molar-refractivity contribution in [2.75, 3.05) is 0 Å². The number of aryl methyl sites for hydroxylation is 2. The van der Waals surface area contributed by atoms with Gasteiger partial charge in [0, 0.05) is 16.6 Å². The van der Waals surface area contributed by atoms with Crippen LogP contribution in [0.5, 0.6) is 5.75 Å². The van der Waals surface area contributed by atoms with Crippen LogP contribution >= 0.6 is 0 Å². The van der Waals surface area contributed by atoms with E-state index in [1.54, 1.807) is 18.2 Å². The maximum atomic E-state index is 12.4. The Balaban J connectivity index is 1.96. The number of aromatic amines is 1. The molecule has 0 bridgehead atoms. The number of nitro groups is 3. The number of carbonyl (C=O) groups is 1. The first-order valence-corrected chi connectivity index (χ1v) is 8.48. The molecule has 3 rings (SSSR count). The molecular formula is C18H14N4O8. The van der Waals surface area contributed by atoms with Gasteiger partial charge in [0.2, 0.25) is 0 Å². The van der Waals surface area contributed by atoms with E-state index >= 15 is 0 Å². The van der Waals surface area contributed by atoms with E-state index in [9.17, 15) is 35.1 Å². The number of hydrogen-bond donors (Lipinski definition) is 1. The highest BCUT2D eigenvalue weighted by molar-refractivity contribution is 5.86. The van der Waals surface area contributed by atoms with E-state index in [-0.39, 0.29) is 6.42 Å². The summed E-state index contributed by atoms with van der Waals surface area (Å²) in [6.45, 7) is 3.80. The van der Waals surface area contributed by atoms with Gasteiger partial charge in [0.05, 0.1) is 33.3 Å². The highest BCUT2D eigenvalue weighted by Crippen LogP contribution is 2.40. The van der Waals surface area contributed by atoms with Gasteiger partial charge in [-0.1, -0.05) is 6.07 Å². The highest BCUT2D eigenvalue weighted by Gasteiger charge is 2.33. The predicted molar refractivity (Wildman–Crippen MR) is 104 cm³/mol. The summed E-state index contributed by atoms with van der Waals surface area (Å²) in [5, 5.41) is 34.3.